The first-order valence-corrected chi connectivity index (χ1v) is 3.96. The van der Waals surface area contributed by atoms with Crippen LogP contribution in [0.25, 0.3) is 0 Å². The topological polar surface area (TPSA) is 79.2 Å². The van der Waals surface area contributed by atoms with Gasteiger partial charge in [-0.3, -0.25) is 0 Å². The summed E-state index contributed by atoms with van der Waals surface area (Å²) < 4.78 is 10.4. The number of rotatable bonds is 1. The lowest BCUT2D eigenvalue weighted by molar-refractivity contribution is -0.251. The Labute approximate surface area is 69.5 Å². The van der Waals surface area contributed by atoms with Gasteiger partial charge >= 0.3 is 0 Å². The van der Waals surface area contributed by atoms with E-state index in [4.69, 9.17) is 14.6 Å². The van der Waals surface area contributed by atoms with Crippen LogP contribution >= 0.6 is 0 Å². The molecule has 0 aromatic rings. The summed E-state index contributed by atoms with van der Waals surface area (Å²) in [4.78, 5) is 0. The molecule has 2 saturated heterocycles. The van der Waals surface area contributed by atoms with Gasteiger partial charge in [-0.05, 0) is 0 Å². The molecule has 2 heterocycles. The van der Waals surface area contributed by atoms with E-state index in [2.05, 4.69) is 0 Å². The summed E-state index contributed by atoms with van der Waals surface area (Å²) in [5, 5.41) is 27.6. The summed E-state index contributed by atoms with van der Waals surface area (Å²) in [7, 11) is 0. The lowest BCUT2D eigenvalue weighted by Gasteiger charge is -2.35. The summed E-state index contributed by atoms with van der Waals surface area (Å²) in [5.74, 6) is -1.07. The molecule has 2 bridgehead atoms. The number of hydrogen-bond donors (Lipinski definition) is 3. The molecule has 3 N–H and O–H groups in total. The molecule has 2 rings (SSSR count). The smallest absolute Gasteiger partial charge is 0.194 e. The molecule has 12 heavy (non-hydrogen) atoms. The molecule has 0 aromatic heterocycles. The van der Waals surface area contributed by atoms with Crippen molar-refractivity contribution in [3.05, 3.63) is 0 Å². The maximum absolute atomic E-state index is 9.34. The second-order valence-corrected chi connectivity index (χ2v) is 3.30. The van der Waals surface area contributed by atoms with Crippen molar-refractivity contribution in [1.82, 2.24) is 0 Å². The predicted molar refractivity (Wildman–Crippen MR) is 37.3 cm³/mol. The van der Waals surface area contributed by atoms with Crippen molar-refractivity contribution in [3.8, 4) is 0 Å². The van der Waals surface area contributed by atoms with Crippen molar-refractivity contribution in [2.45, 2.75) is 30.5 Å². The fourth-order valence-electron chi connectivity index (χ4n) is 1.69. The molecule has 5 heteroatoms. The lowest BCUT2D eigenvalue weighted by atomic mass is 9.98. The van der Waals surface area contributed by atoms with Crippen molar-refractivity contribution in [2.24, 2.45) is 0 Å². The SMILES string of the molecule is OCC12CC(O)C(O)C(CO1)O2. The monoisotopic (exact) mass is 176 g/mol. The Balaban J connectivity index is 2.16. The third-order valence-corrected chi connectivity index (χ3v) is 2.41. The molecule has 0 aliphatic carbocycles. The molecule has 0 amide bonds. The fourth-order valence-corrected chi connectivity index (χ4v) is 1.69. The van der Waals surface area contributed by atoms with Gasteiger partial charge < -0.3 is 24.8 Å². The minimum absolute atomic E-state index is 0.126. The van der Waals surface area contributed by atoms with Gasteiger partial charge in [-0.1, -0.05) is 0 Å². The van der Waals surface area contributed by atoms with Gasteiger partial charge in [-0.2, -0.15) is 0 Å². The lowest BCUT2D eigenvalue weighted by Crippen LogP contribution is -2.51. The van der Waals surface area contributed by atoms with Crippen LogP contribution in [0.2, 0.25) is 0 Å². The summed E-state index contributed by atoms with van der Waals surface area (Å²) in [6.07, 6.45) is -2.13. The Morgan fingerprint density at radius 1 is 1.42 bits per heavy atom. The van der Waals surface area contributed by atoms with Crippen LogP contribution in [0, 0.1) is 0 Å². The third kappa shape index (κ3) is 1.06. The molecule has 0 radical (unpaired) electrons. The molecule has 0 aromatic carbocycles. The molecule has 2 aliphatic heterocycles. The van der Waals surface area contributed by atoms with Gasteiger partial charge in [0.2, 0.25) is 0 Å². The number of aliphatic hydroxyl groups excluding tert-OH is 3. The van der Waals surface area contributed by atoms with Crippen molar-refractivity contribution < 1.29 is 24.8 Å². The number of aliphatic hydroxyl groups is 3. The van der Waals surface area contributed by atoms with Crippen LogP contribution < -0.4 is 0 Å². The highest BCUT2D eigenvalue weighted by molar-refractivity contribution is 4.94. The van der Waals surface area contributed by atoms with E-state index < -0.39 is 24.1 Å². The number of hydrogen-bond acceptors (Lipinski definition) is 5. The predicted octanol–water partition coefficient (Wildman–Crippen LogP) is -1.78. The van der Waals surface area contributed by atoms with E-state index in [1.807, 2.05) is 0 Å². The van der Waals surface area contributed by atoms with Crippen molar-refractivity contribution in [1.29, 1.82) is 0 Å². The van der Waals surface area contributed by atoms with Crippen molar-refractivity contribution in [3.63, 3.8) is 0 Å². The highest BCUT2D eigenvalue weighted by atomic mass is 16.8. The Kier molecular flexibility index (Phi) is 1.85. The summed E-state index contributed by atoms with van der Waals surface area (Å²) in [5.41, 5.74) is 0. The number of fused-ring (bicyclic) bond motifs is 2. The van der Waals surface area contributed by atoms with Gasteiger partial charge in [-0.15, -0.1) is 0 Å². The van der Waals surface area contributed by atoms with Crippen LogP contribution in [0.5, 0.6) is 0 Å². The molecule has 5 nitrogen and oxygen atoms in total. The van der Waals surface area contributed by atoms with Gasteiger partial charge in [0, 0.05) is 6.42 Å². The minimum atomic E-state index is -1.07. The van der Waals surface area contributed by atoms with Gasteiger partial charge in [0.05, 0.1) is 19.3 Å². The van der Waals surface area contributed by atoms with Crippen LogP contribution in [0.1, 0.15) is 6.42 Å². The van der Waals surface area contributed by atoms with Gasteiger partial charge in [0.15, 0.2) is 5.79 Å². The molecule has 4 atom stereocenters. The van der Waals surface area contributed by atoms with Crippen LogP contribution in [-0.2, 0) is 9.47 Å². The summed E-state index contributed by atoms with van der Waals surface area (Å²) in [6, 6.07) is 0. The van der Waals surface area contributed by atoms with E-state index in [9.17, 15) is 10.2 Å². The van der Waals surface area contributed by atoms with E-state index in [-0.39, 0.29) is 19.6 Å². The Bertz CT molecular complexity index is 185. The Hall–Kier alpha value is -0.200. The highest BCUT2D eigenvalue weighted by Gasteiger charge is 2.52. The fraction of sp³-hybridized carbons (Fsp3) is 1.00. The van der Waals surface area contributed by atoms with E-state index in [1.165, 1.54) is 0 Å². The molecule has 4 unspecified atom stereocenters. The van der Waals surface area contributed by atoms with E-state index in [0.29, 0.717) is 0 Å². The molecule has 0 spiro atoms. The zero-order valence-electron chi connectivity index (χ0n) is 6.51. The first kappa shape index (κ1) is 8.40. The first-order valence-electron chi connectivity index (χ1n) is 3.96. The van der Waals surface area contributed by atoms with Gasteiger partial charge in [-0.25, -0.2) is 0 Å². The van der Waals surface area contributed by atoms with Gasteiger partial charge in [0.1, 0.15) is 12.2 Å². The zero-order chi connectivity index (χ0) is 8.77. The maximum Gasteiger partial charge on any atom is 0.194 e. The molecule has 2 fully saturated rings. The molecular formula is C7H12O5. The highest BCUT2D eigenvalue weighted by Crippen LogP contribution is 2.36. The summed E-state index contributed by atoms with van der Waals surface area (Å²) >= 11 is 0. The average Bonchev–Trinajstić information content (AvgIpc) is 2.43. The van der Waals surface area contributed by atoms with Crippen LogP contribution in [-0.4, -0.2) is 52.6 Å². The quantitative estimate of drug-likeness (QED) is 0.440. The number of ether oxygens (including phenoxy) is 2. The molecule has 2 aliphatic rings. The Morgan fingerprint density at radius 2 is 2.17 bits per heavy atom. The normalized spacial score (nSPS) is 52.8. The van der Waals surface area contributed by atoms with Crippen molar-refractivity contribution in [2.75, 3.05) is 13.2 Å². The molecule has 0 saturated carbocycles. The molecular weight excluding hydrogens is 164 g/mol. The van der Waals surface area contributed by atoms with E-state index >= 15 is 0 Å². The maximum atomic E-state index is 9.34. The second-order valence-electron chi connectivity index (χ2n) is 3.30. The van der Waals surface area contributed by atoms with Crippen LogP contribution in [0.15, 0.2) is 0 Å². The van der Waals surface area contributed by atoms with E-state index in [1.54, 1.807) is 0 Å². The standard InChI is InChI=1S/C7H12O5/c8-3-7-1-4(9)6(10)5(12-7)2-11-7/h4-6,8-10H,1-3H2. The van der Waals surface area contributed by atoms with Gasteiger partial charge in [0.25, 0.3) is 0 Å². The third-order valence-electron chi connectivity index (χ3n) is 2.41. The van der Waals surface area contributed by atoms with Crippen LogP contribution in [0.4, 0.5) is 0 Å². The minimum Gasteiger partial charge on any atom is -0.391 e. The first-order chi connectivity index (χ1) is 5.67. The average molecular weight is 176 g/mol. The zero-order valence-corrected chi connectivity index (χ0v) is 6.51. The second kappa shape index (κ2) is 2.65. The van der Waals surface area contributed by atoms with E-state index in [0.717, 1.165) is 0 Å². The van der Waals surface area contributed by atoms with Crippen molar-refractivity contribution >= 4 is 0 Å². The molecule has 70 valence electrons. The largest absolute Gasteiger partial charge is 0.391 e. The van der Waals surface area contributed by atoms with Crippen LogP contribution in [0.3, 0.4) is 0 Å². The summed E-state index contributed by atoms with van der Waals surface area (Å²) in [6.45, 7) is -0.0495. The Morgan fingerprint density at radius 3 is 2.83 bits per heavy atom.